The average Bonchev–Trinajstić information content (AvgIpc) is 3.18. The highest BCUT2D eigenvalue weighted by molar-refractivity contribution is 6.31. The van der Waals surface area contributed by atoms with Gasteiger partial charge in [-0.2, -0.15) is 0 Å². The summed E-state index contributed by atoms with van der Waals surface area (Å²) in [6.07, 6.45) is 1.59. The Kier molecular flexibility index (Phi) is 6.30. The molecule has 3 aromatic carbocycles. The van der Waals surface area contributed by atoms with Crippen LogP contribution in [0.5, 0.6) is 28.7 Å². The van der Waals surface area contributed by atoms with Crippen molar-refractivity contribution in [1.29, 1.82) is 0 Å². The normalized spacial score (nSPS) is 15.0. The van der Waals surface area contributed by atoms with Crippen LogP contribution in [0, 0.1) is 6.92 Å². The van der Waals surface area contributed by atoms with Crippen LogP contribution < -0.4 is 23.7 Å². The number of halogens is 1. The molecule has 0 bridgehead atoms. The molecule has 0 fully saturated rings. The molecule has 5 rings (SSSR count). The van der Waals surface area contributed by atoms with Gasteiger partial charge in [0.05, 0.1) is 32.0 Å². The Hall–Kier alpha value is -4.01. The lowest BCUT2D eigenvalue weighted by atomic mass is 10.0. The van der Waals surface area contributed by atoms with Crippen molar-refractivity contribution in [3.8, 4) is 28.7 Å². The summed E-state index contributed by atoms with van der Waals surface area (Å²) in [5.74, 6) is 1.21. The van der Waals surface area contributed by atoms with E-state index in [4.69, 9.17) is 40.0 Å². The quantitative estimate of drug-likeness (QED) is 0.258. The molecule has 9 heteroatoms. The van der Waals surface area contributed by atoms with Crippen molar-refractivity contribution in [1.82, 2.24) is 0 Å². The number of ketones is 1. The number of hydrogen-bond acceptors (Lipinski definition) is 8. The first kappa shape index (κ1) is 23.7. The van der Waals surface area contributed by atoms with E-state index in [9.17, 15) is 9.59 Å². The minimum Gasteiger partial charge on any atom is -0.497 e. The van der Waals surface area contributed by atoms with E-state index in [-0.39, 0.29) is 35.4 Å². The Morgan fingerprint density at radius 3 is 2.47 bits per heavy atom. The van der Waals surface area contributed by atoms with E-state index < -0.39 is 5.97 Å². The molecule has 0 N–H and O–H groups in total. The van der Waals surface area contributed by atoms with Gasteiger partial charge in [0, 0.05) is 28.3 Å². The first-order valence-corrected chi connectivity index (χ1v) is 11.3. The molecule has 8 nitrogen and oxygen atoms in total. The Labute approximate surface area is 211 Å². The average molecular weight is 509 g/mol. The first-order chi connectivity index (χ1) is 17.4. The van der Waals surface area contributed by atoms with Crippen molar-refractivity contribution in [3.05, 3.63) is 81.1 Å². The molecular formula is C27H21ClO8. The van der Waals surface area contributed by atoms with Crippen molar-refractivity contribution >= 4 is 29.4 Å². The minimum atomic E-state index is -0.614. The molecule has 0 saturated carbocycles. The fourth-order valence-electron chi connectivity index (χ4n) is 4.08. The lowest BCUT2D eigenvalue weighted by molar-refractivity contribution is -0.0165. The Morgan fingerprint density at radius 2 is 1.75 bits per heavy atom. The molecule has 0 amide bonds. The minimum absolute atomic E-state index is 0.104. The lowest BCUT2D eigenvalue weighted by Gasteiger charge is -2.20. The molecule has 0 unspecified atom stereocenters. The largest absolute Gasteiger partial charge is 0.497 e. The molecule has 0 aromatic heterocycles. The maximum atomic E-state index is 13.1. The Balaban J connectivity index is 1.43. The molecule has 36 heavy (non-hydrogen) atoms. The van der Waals surface area contributed by atoms with Crippen molar-refractivity contribution in [2.45, 2.75) is 13.5 Å². The number of allylic oxidation sites excluding steroid dienone is 1. The van der Waals surface area contributed by atoms with Crippen LogP contribution in [0.4, 0.5) is 0 Å². The molecule has 2 aliphatic rings. The third-order valence-corrected chi connectivity index (χ3v) is 5.95. The molecule has 0 saturated heterocycles. The van der Waals surface area contributed by atoms with E-state index >= 15 is 0 Å². The van der Waals surface area contributed by atoms with Crippen molar-refractivity contribution in [3.63, 3.8) is 0 Å². The van der Waals surface area contributed by atoms with Gasteiger partial charge in [0.2, 0.25) is 5.78 Å². The summed E-state index contributed by atoms with van der Waals surface area (Å²) in [5.41, 5.74) is 2.63. The van der Waals surface area contributed by atoms with Gasteiger partial charge in [0.25, 0.3) is 0 Å². The predicted octanol–water partition coefficient (Wildman–Crippen LogP) is 5.37. The second-order valence-electron chi connectivity index (χ2n) is 8.14. The van der Waals surface area contributed by atoms with Gasteiger partial charge < -0.3 is 28.4 Å². The smallest absolute Gasteiger partial charge is 0.343 e. The number of benzene rings is 3. The topological polar surface area (TPSA) is 89.5 Å². The summed E-state index contributed by atoms with van der Waals surface area (Å²) in [4.78, 5) is 26.0. The molecule has 0 atom stereocenters. The molecule has 2 heterocycles. The predicted molar refractivity (Wildman–Crippen MR) is 130 cm³/mol. The van der Waals surface area contributed by atoms with Gasteiger partial charge in [-0.1, -0.05) is 11.6 Å². The van der Waals surface area contributed by atoms with Crippen LogP contribution in [0.2, 0.25) is 5.02 Å². The van der Waals surface area contributed by atoms with E-state index in [0.717, 1.165) is 5.56 Å². The highest BCUT2D eigenvalue weighted by atomic mass is 35.5. The van der Waals surface area contributed by atoms with E-state index in [1.54, 1.807) is 49.4 Å². The van der Waals surface area contributed by atoms with Gasteiger partial charge in [0.15, 0.2) is 12.6 Å². The fourth-order valence-corrected chi connectivity index (χ4v) is 4.33. The molecule has 2 aliphatic heterocycles. The Morgan fingerprint density at radius 1 is 1.00 bits per heavy atom. The molecule has 0 spiro atoms. The molecule has 0 radical (unpaired) electrons. The van der Waals surface area contributed by atoms with Gasteiger partial charge >= 0.3 is 5.97 Å². The van der Waals surface area contributed by atoms with Crippen LogP contribution in [0.1, 0.15) is 37.4 Å². The first-order valence-electron chi connectivity index (χ1n) is 10.9. The summed E-state index contributed by atoms with van der Waals surface area (Å²) in [6.45, 7) is 2.21. The van der Waals surface area contributed by atoms with Crippen LogP contribution in [0.25, 0.3) is 6.08 Å². The lowest BCUT2D eigenvalue weighted by Crippen LogP contribution is -2.12. The van der Waals surface area contributed by atoms with Gasteiger partial charge in [0.1, 0.15) is 28.7 Å². The standard InChI is InChI=1S/C27H21ClO8/c1-14-4-21(35-27(30)16-7-19(31-2)10-20(8-16)32-3)11-22-24(14)25(29)23(36-22)9-15-5-18(28)6-17-12-33-13-34-26(15)17/h4-11H,12-13H2,1-3H3/b23-9-. The number of Topliss-reactive ketones (excluding diaryl/α,β-unsaturated/α-hetero) is 1. The number of ether oxygens (including phenoxy) is 6. The van der Waals surface area contributed by atoms with E-state index in [0.29, 0.717) is 45.6 Å². The summed E-state index contributed by atoms with van der Waals surface area (Å²) in [5, 5.41) is 0.484. The summed E-state index contributed by atoms with van der Waals surface area (Å²) in [7, 11) is 2.98. The van der Waals surface area contributed by atoms with E-state index in [2.05, 4.69) is 0 Å². The number of fused-ring (bicyclic) bond motifs is 2. The highest BCUT2D eigenvalue weighted by Gasteiger charge is 2.31. The number of methoxy groups -OCH3 is 2. The summed E-state index contributed by atoms with van der Waals surface area (Å²) < 4.78 is 32.8. The zero-order valence-electron chi connectivity index (χ0n) is 19.7. The molecule has 184 valence electrons. The summed E-state index contributed by atoms with van der Waals surface area (Å²) >= 11 is 6.25. The fraction of sp³-hybridized carbons (Fsp3) is 0.185. The number of carbonyl (C=O) groups is 2. The molecular weight excluding hydrogens is 488 g/mol. The SMILES string of the molecule is COc1cc(OC)cc(C(=O)Oc2cc(C)c3c(c2)O/C(=C\c2cc(Cl)cc4c2OCOC4)C3=O)c1. The number of aryl methyl sites for hydroxylation is 1. The van der Waals surface area contributed by atoms with Crippen LogP contribution in [0.15, 0.2) is 48.2 Å². The number of hydrogen-bond donors (Lipinski definition) is 0. The third-order valence-electron chi connectivity index (χ3n) is 5.73. The van der Waals surface area contributed by atoms with Gasteiger partial charge in [-0.3, -0.25) is 4.79 Å². The maximum absolute atomic E-state index is 13.1. The van der Waals surface area contributed by atoms with Crippen LogP contribution >= 0.6 is 11.6 Å². The van der Waals surface area contributed by atoms with E-state index in [1.807, 2.05) is 0 Å². The Bertz CT molecular complexity index is 1400. The molecule has 3 aromatic rings. The zero-order chi connectivity index (χ0) is 25.4. The number of carbonyl (C=O) groups excluding carboxylic acids is 2. The monoisotopic (exact) mass is 508 g/mol. The second kappa shape index (κ2) is 9.56. The van der Waals surface area contributed by atoms with Crippen LogP contribution in [-0.4, -0.2) is 32.8 Å². The van der Waals surface area contributed by atoms with Crippen molar-refractivity contribution in [2.24, 2.45) is 0 Å². The highest BCUT2D eigenvalue weighted by Crippen LogP contribution is 2.40. The third kappa shape index (κ3) is 4.48. The van der Waals surface area contributed by atoms with Crippen molar-refractivity contribution in [2.75, 3.05) is 21.0 Å². The van der Waals surface area contributed by atoms with Crippen molar-refractivity contribution < 1.29 is 38.0 Å². The molecule has 0 aliphatic carbocycles. The second-order valence-corrected chi connectivity index (χ2v) is 8.57. The van der Waals surface area contributed by atoms with Crippen LogP contribution in [-0.2, 0) is 11.3 Å². The van der Waals surface area contributed by atoms with E-state index in [1.165, 1.54) is 20.3 Å². The van der Waals surface area contributed by atoms with Gasteiger partial charge in [-0.25, -0.2) is 4.79 Å². The zero-order valence-corrected chi connectivity index (χ0v) is 20.4. The summed E-state index contributed by atoms with van der Waals surface area (Å²) in [6, 6.07) is 11.3. The van der Waals surface area contributed by atoms with Gasteiger partial charge in [-0.05, 0) is 48.9 Å². The van der Waals surface area contributed by atoms with Gasteiger partial charge in [-0.15, -0.1) is 0 Å². The van der Waals surface area contributed by atoms with Crippen LogP contribution in [0.3, 0.4) is 0 Å². The maximum Gasteiger partial charge on any atom is 0.343 e. The number of rotatable bonds is 5. The number of esters is 1.